The number of hydrogen-bond acceptors (Lipinski definition) is 5. The maximum Gasteiger partial charge on any atom is 0.200 e. The molecule has 0 unspecified atom stereocenters. The molecular formula is C19H19F2N5O. The zero-order chi connectivity index (χ0) is 19.4. The standard InChI is InChI=1S/C19H19F2N5O/c1-4-6-23-18(22-2)19-24-10-12-11-26(7-5-15(12)25-19)13-8-14(20)17(21)16(9-13)27-3/h4,6,8-10H,2,5,7,11H2,1,3H3/b6-4-,23-18?. The van der Waals surface area contributed by atoms with Crippen LogP contribution in [0.1, 0.15) is 24.0 Å². The number of nitrogens with zero attached hydrogens (tertiary/aromatic N) is 5. The molecule has 0 atom stereocenters. The van der Waals surface area contributed by atoms with E-state index in [0.717, 1.165) is 11.3 Å². The van der Waals surface area contributed by atoms with E-state index in [2.05, 4.69) is 26.7 Å². The molecule has 140 valence electrons. The Labute approximate surface area is 156 Å². The van der Waals surface area contributed by atoms with Crippen molar-refractivity contribution in [2.24, 2.45) is 9.98 Å². The van der Waals surface area contributed by atoms with E-state index < -0.39 is 11.6 Å². The van der Waals surface area contributed by atoms with Crippen LogP contribution in [0.4, 0.5) is 14.5 Å². The Morgan fingerprint density at radius 1 is 1.37 bits per heavy atom. The van der Waals surface area contributed by atoms with E-state index in [-0.39, 0.29) is 5.75 Å². The van der Waals surface area contributed by atoms with Gasteiger partial charge in [0.15, 0.2) is 23.2 Å². The van der Waals surface area contributed by atoms with Gasteiger partial charge >= 0.3 is 0 Å². The van der Waals surface area contributed by atoms with Crippen molar-refractivity contribution in [2.45, 2.75) is 19.9 Å². The molecule has 0 spiro atoms. The second kappa shape index (κ2) is 8.03. The highest BCUT2D eigenvalue weighted by Gasteiger charge is 2.22. The minimum absolute atomic E-state index is 0.121. The van der Waals surface area contributed by atoms with Gasteiger partial charge in [0.25, 0.3) is 0 Å². The van der Waals surface area contributed by atoms with E-state index in [0.29, 0.717) is 36.9 Å². The van der Waals surface area contributed by atoms with E-state index in [1.807, 2.05) is 11.8 Å². The first-order valence-corrected chi connectivity index (χ1v) is 8.36. The molecule has 1 aliphatic heterocycles. The average molecular weight is 371 g/mol. The number of fused-ring (bicyclic) bond motifs is 1. The predicted octanol–water partition coefficient (Wildman–Crippen LogP) is 3.31. The summed E-state index contributed by atoms with van der Waals surface area (Å²) in [5.74, 6) is -1.29. The van der Waals surface area contributed by atoms with Crippen LogP contribution in [0.15, 0.2) is 40.6 Å². The van der Waals surface area contributed by atoms with Crippen LogP contribution >= 0.6 is 0 Å². The van der Waals surface area contributed by atoms with Gasteiger partial charge in [-0.1, -0.05) is 6.08 Å². The summed E-state index contributed by atoms with van der Waals surface area (Å²) in [6, 6.07) is 2.66. The summed E-state index contributed by atoms with van der Waals surface area (Å²) in [5, 5.41) is 0. The number of methoxy groups -OCH3 is 1. The van der Waals surface area contributed by atoms with Gasteiger partial charge in [0, 0.05) is 55.3 Å². The molecule has 1 aromatic heterocycles. The van der Waals surface area contributed by atoms with Crippen molar-refractivity contribution < 1.29 is 13.5 Å². The largest absolute Gasteiger partial charge is 0.493 e. The summed E-state index contributed by atoms with van der Waals surface area (Å²) in [6.07, 6.45) is 5.71. The zero-order valence-electron chi connectivity index (χ0n) is 15.1. The highest BCUT2D eigenvalue weighted by atomic mass is 19.2. The van der Waals surface area contributed by atoms with E-state index in [1.54, 1.807) is 18.5 Å². The van der Waals surface area contributed by atoms with E-state index >= 15 is 0 Å². The van der Waals surface area contributed by atoms with Crippen molar-refractivity contribution in [3.05, 3.63) is 59.3 Å². The molecule has 8 heteroatoms. The first-order valence-electron chi connectivity index (χ1n) is 8.36. The van der Waals surface area contributed by atoms with Crippen molar-refractivity contribution in [3.63, 3.8) is 0 Å². The van der Waals surface area contributed by atoms with Crippen molar-refractivity contribution in [1.82, 2.24) is 9.97 Å². The number of rotatable bonds is 4. The number of ether oxygens (including phenoxy) is 1. The molecule has 0 aliphatic carbocycles. The summed E-state index contributed by atoms with van der Waals surface area (Å²) < 4.78 is 32.4. The molecule has 0 radical (unpaired) electrons. The fraction of sp³-hybridized carbons (Fsp3) is 0.263. The minimum Gasteiger partial charge on any atom is -0.493 e. The molecule has 6 nitrogen and oxygen atoms in total. The van der Waals surface area contributed by atoms with Crippen molar-refractivity contribution in [3.8, 4) is 5.75 Å². The van der Waals surface area contributed by atoms with Crippen LogP contribution in [0.3, 0.4) is 0 Å². The number of amidine groups is 1. The quantitative estimate of drug-likeness (QED) is 0.611. The molecule has 2 aromatic rings. The highest BCUT2D eigenvalue weighted by molar-refractivity contribution is 5.98. The second-order valence-corrected chi connectivity index (χ2v) is 5.87. The summed E-state index contributed by atoms with van der Waals surface area (Å²) in [7, 11) is 1.31. The molecule has 0 amide bonds. The zero-order valence-corrected chi connectivity index (χ0v) is 15.1. The Morgan fingerprint density at radius 2 is 2.19 bits per heavy atom. The predicted molar refractivity (Wildman–Crippen MR) is 101 cm³/mol. The van der Waals surface area contributed by atoms with Gasteiger partial charge in [0.1, 0.15) is 0 Å². The van der Waals surface area contributed by atoms with Crippen LogP contribution in [0.2, 0.25) is 0 Å². The Kier molecular flexibility index (Phi) is 5.54. The van der Waals surface area contributed by atoms with E-state index in [9.17, 15) is 8.78 Å². The Bertz CT molecular complexity index is 927. The minimum atomic E-state index is -0.989. The van der Waals surface area contributed by atoms with Crippen LogP contribution in [0, 0.1) is 11.6 Å². The van der Waals surface area contributed by atoms with Crippen molar-refractivity contribution in [2.75, 3.05) is 18.6 Å². The molecule has 2 heterocycles. The third kappa shape index (κ3) is 3.84. The molecular weight excluding hydrogens is 352 g/mol. The smallest absolute Gasteiger partial charge is 0.200 e. The number of aliphatic imine (C=N–C) groups is 2. The lowest BCUT2D eigenvalue weighted by Gasteiger charge is -2.30. The summed E-state index contributed by atoms with van der Waals surface area (Å²) in [6.45, 7) is 6.43. The van der Waals surface area contributed by atoms with Crippen LogP contribution in [-0.2, 0) is 13.0 Å². The average Bonchev–Trinajstić information content (AvgIpc) is 2.70. The Morgan fingerprint density at radius 3 is 2.89 bits per heavy atom. The molecule has 0 saturated heterocycles. The van der Waals surface area contributed by atoms with Gasteiger partial charge in [-0.05, 0) is 13.6 Å². The lowest BCUT2D eigenvalue weighted by molar-refractivity contribution is 0.372. The topological polar surface area (TPSA) is 63.0 Å². The molecule has 1 aromatic carbocycles. The van der Waals surface area contributed by atoms with Gasteiger partial charge in [0.05, 0.1) is 12.8 Å². The summed E-state index contributed by atoms with van der Waals surface area (Å²) in [5.41, 5.74) is 2.33. The molecule has 1 aliphatic rings. The number of allylic oxidation sites excluding steroid dienone is 1. The number of anilines is 1. The fourth-order valence-electron chi connectivity index (χ4n) is 2.84. The highest BCUT2D eigenvalue weighted by Crippen LogP contribution is 2.30. The lowest BCUT2D eigenvalue weighted by Crippen LogP contribution is -2.31. The third-order valence-electron chi connectivity index (χ3n) is 4.19. The van der Waals surface area contributed by atoms with E-state index in [1.165, 1.54) is 19.2 Å². The Hall–Kier alpha value is -3.16. The summed E-state index contributed by atoms with van der Waals surface area (Å²) in [4.78, 5) is 18.8. The number of aromatic nitrogens is 2. The maximum absolute atomic E-state index is 13.8. The maximum atomic E-state index is 13.8. The van der Waals surface area contributed by atoms with E-state index in [4.69, 9.17) is 4.74 Å². The molecule has 0 N–H and O–H groups in total. The molecule has 3 rings (SSSR count). The van der Waals surface area contributed by atoms with Gasteiger partial charge < -0.3 is 9.64 Å². The van der Waals surface area contributed by atoms with Crippen molar-refractivity contribution in [1.29, 1.82) is 0 Å². The third-order valence-corrected chi connectivity index (χ3v) is 4.19. The second-order valence-electron chi connectivity index (χ2n) is 5.87. The van der Waals surface area contributed by atoms with Gasteiger partial charge in [-0.3, -0.25) is 0 Å². The normalized spacial score (nSPS) is 14.4. The number of benzene rings is 1. The van der Waals surface area contributed by atoms with Gasteiger partial charge in [-0.2, -0.15) is 4.39 Å². The first kappa shape index (κ1) is 18.6. The van der Waals surface area contributed by atoms with Crippen LogP contribution < -0.4 is 9.64 Å². The van der Waals surface area contributed by atoms with Gasteiger partial charge in [0.2, 0.25) is 5.82 Å². The van der Waals surface area contributed by atoms with Crippen LogP contribution in [-0.4, -0.2) is 36.2 Å². The first-order chi connectivity index (χ1) is 13.1. The molecule has 0 bridgehead atoms. The number of hydrogen-bond donors (Lipinski definition) is 0. The summed E-state index contributed by atoms with van der Waals surface area (Å²) >= 11 is 0. The van der Waals surface area contributed by atoms with Gasteiger partial charge in [-0.15, -0.1) is 0 Å². The molecule has 0 saturated carbocycles. The lowest BCUT2D eigenvalue weighted by atomic mass is 10.1. The van der Waals surface area contributed by atoms with Gasteiger partial charge in [-0.25, -0.2) is 24.3 Å². The SMILES string of the molecule is C=NC(=N/C=C\C)c1ncc2c(n1)CCN(c1cc(F)c(F)c(OC)c1)C2. The van der Waals surface area contributed by atoms with Crippen LogP contribution in [0.5, 0.6) is 5.75 Å². The Balaban J connectivity index is 1.88. The molecule has 0 fully saturated rings. The monoisotopic (exact) mass is 371 g/mol. The van der Waals surface area contributed by atoms with Crippen molar-refractivity contribution >= 4 is 18.2 Å². The fourth-order valence-corrected chi connectivity index (χ4v) is 2.84. The van der Waals surface area contributed by atoms with Crippen LogP contribution in [0.25, 0.3) is 0 Å². The molecule has 27 heavy (non-hydrogen) atoms. The number of halogens is 2.